The van der Waals surface area contributed by atoms with Crippen LogP contribution in [0, 0.1) is 0 Å². The van der Waals surface area contributed by atoms with E-state index in [1.54, 1.807) is 31.4 Å². The number of methoxy groups -OCH3 is 1. The van der Waals surface area contributed by atoms with Crippen LogP contribution >= 0.6 is 11.8 Å². The first-order valence-corrected chi connectivity index (χ1v) is 11.7. The number of benzene rings is 2. The van der Waals surface area contributed by atoms with E-state index < -0.39 is 5.25 Å². The van der Waals surface area contributed by atoms with Crippen molar-refractivity contribution in [3.05, 3.63) is 48.5 Å². The smallest absolute Gasteiger partial charge is 0.250 e. The van der Waals surface area contributed by atoms with Crippen LogP contribution in [0.25, 0.3) is 0 Å². The molecule has 1 N–H and O–H groups in total. The number of rotatable bonds is 5. The van der Waals surface area contributed by atoms with Crippen molar-refractivity contribution in [3.8, 4) is 5.75 Å². The minimum absolute atomic E-state index is 0.156. The summed E-state index contributed by atoms with van der Waals surface area (Å²) in [6, 6.07) is 14.4. The van der Waals surface area contributed by atoms with Crippen molar-refractivity contribution in [3.63, 3.8) is 0 Å². The highest BCUT2D eigenvalue weighted by Gasteiger charge is 2.40. The van der Waals surface area contributed by atoms with E-state index in [4.69, 9.17) is 4.74 Å². The average Bonchev–Trinajstić information content (AvgIpc) is 3.10. The minimum Gasteiger partial charge on any atom is -0.497 e. The highest BCUT2D eigenvalue weighted by molar-refractivity contribution is 8.01. The molecule has 7 nitrogen and oxygen atoms in total. The molecular weight excluding hydrogens is 426 g/mol. The molecule has 2 heterocycles. The number of fused-ring (bicyclic) bond motifs is 1. The number of likely N-dealkylation sites (tertiary alicyclic amines) is 1. The highest BCUT2D eigenvalue weighted by Crippen LogP contribution is 2.39. The Morgan fingerprint density at radius 2 is 1.72 bits per heavy atom. The second-order valence-electron chi connectivity index (χ2n) is 7.91. The molecule has 0 unspecified atom stereocenters. The van der Waals surface area contributed by atoms with Crippen molar-refractivity contribution in [2.75, 3.05) is 37.0 Å². The van der Waals surface area contributed by atoms with E-state index in [0.717, 1.165) is 30.6 Å². The fourth-order valence-electron chi connectivity index (χ4n) is 4.01. The first kappa shape index (κ1) is 22.2. The third kappa shape index (κ3) is 4.91. The van der Waals surface area contributed by atoms with E-state index in [0.29, 0.717) is 30.2 Å². The first-order valence-electron chi connectivity index (χ1n) is 10.9. The quantitative estimate of drug-likeness (QED) is 0.701. The van der Waals surface area contributed by atoms with Crippen LogP contribution in [-0.4, -0.2) is 54.6 Å². The Morgan fingerprint density at radius 3 is 2.41 bits per heavy atom. The number of anilines is 2. The van der Waals surface area contributed by atoms with Gasteiger partial charge in [0.15, 0.2) is 5.25 Å². The van der Waals surface area contributed by atoms with Crippen molar-refractivity contribution in [1.29, 1.82) is 0 Å². The van der Waals surface area contributed by atoms with E-state index in [1.807, 2.05) is 29.2 Å². The lowest BCUT2D eigenvalue weighted by Gasteiger charge is -2.34. The van der Waals surface area contributed by atoms with Crippen LogP contribution in [0.3, 0.4) is 0 Å². The predicted octanol–water partition coefficient (Wildman–Crippen LogP) is 3.54. The molecule has 0 aliphatic carbocycles. The second kappa shape index (κ2) is 10.1. The molecule has 0 saturated carbocycles. The fourth-order valence-corrected chi connectivity index (χ4v) is 5.20. The summed E-state index contributed by atoms with van der Waals surface area (Å²) in [5.41, 5.74) is 1.27. The number of amides is 3. The highest BCUT2D eigenvalue weighted by atomic mass is 32.2. The van der Waals surface area contributed by atoms with E-state index in [2.05, 4.69) is 5.32 Å². The molecule has 32 heavy (non-hydrogen) atoms. The molecule has 1 atom stereocenters. The summed E-state index contributed by atoms with van der Waals surface area (Å²) in [5.74, 6) is -0.133. The molecule has 0 aromatic heterocycles. The second-order valence-corrected chi connectivity index (χ2v) is 9.05. The number of hydrogen-bond acceptors (Lipinski definition) is 5. The van der Waals surface area contributed by atoms with Gasteiger partial charge in [0, 0.05) is 23.7 Å². The lowest BCUT2D eigenvalue weighted by Crippen LogP contribution is -2.51. The van der Waals surface area contributed by atoms with Gasteiger partial charge < -0.3 is 19.9 Å². The van der Waals surface area contributed by atoms with E-state index >= 15 is 0 Å². The van der Waals surface area contributed by atoms with Gasteiger partial charge in [0.05, 0.1) is 12.8 Å². The lowest BCUT2D eigenvalue weighted by atomic mass is 10.2. The standard InChI is InChI=1S/C24H27N3O4S/c1-31-18-12-10-17(11-13-18)25-21(28)16-27-19-8-4-5-9-20(19)32-22(24(27)30)23(29)26-14-6-2-3-7-15-26/h4-5,8-13,22H,2-3,6-7,14-16H2,1H3,(H,25,28)/t22-/m1/s1. The molecule has 1 fully saturated rings. The van der Waals surface area contributed by atoms with Crippen molar-refractivity contribution in [2.24, 2.45) is 0 Å². The van der Waals surface area contributed by atoms with Gasteiger partial charge in [-0.05, 0) is 49.2 Å². The molecule has 2 aromatic rings. The van der Waals surface area contributed by atoms with Crippen LogP contribution in [0.1, 0.15) is 25.7 Å². The first-order chi connectivity index (χ1) is 15.6. The van der Waals surface area contributed by atoms with Gasteiger partial charge in [-0.3, -0.25) is 14.4 Å². The summed E-state index contributed by atoms with van der Waals surface area (Å²) in [5, 5.41) is 1.95. The van der Waals surface area contributed by atoms with Crippen molar-refractivity contribution in [1.82, 2.24) is 4.90 Å². The fraction of sp³-hybridized carbons (Fsp3) is 0.375. The Morgan fingerprint density at radius 1 is 1.03 bits per heavy atom. The largest absolute Gasteiger partial charge is 0.497 e. The molecule has 4 rings (SSSR count). The molecule has 1 saturated heterocycles. The number of ether oxygens (including phenoxy) is 1. The van der Waals surface area contributed by atoms with Crippen LogP contribution in [0.4, 0.5) is 11.4 Å². The van der Waals surface area contributed by atoms with Crippen LogP contribution in [0.2, 0.25) is 0 Å². The molecule has 2 aliphatic rings. The molecule has 0 bridgehead atoms. The number of nitrogens with zero attached hydrogens (tertiary/aromatic N) is 2. The molecule has 168 valence electrons. The Hall–Kier alpha value is -3.00. The molecule has 3 amide bonds. The molecular formula is C24H27N3O4S. The SMILES string of the molecule is COc1ccc(NC(=O)CN2C(=O)[C@@H](C(=O)N3CCCCCC3)Sc3ccccc32)cc1. The monoisotopic (exact) mass is 453 g/mol. The van der Waals surface area contributed by atoms with Crippen LogP contribution < -0.4 is 15.0 Å². The van der Waals surface area contributed by atoms with Crippen LogP contribution in [0.15, 0.2) is 53.4 Å². The average molecular weight is 454 g/mol. The number of thioether (sulfide) groups is 1. The van der Waals surface area contributed by atoms with Gasteiger partial charge in [0.25, 0.3) is 5.91 Å². The zero-order valence-corrected chi connectivity index (χ0v) is 18.9. The predicted molar refractivity (Wildman–Crippen MR) is 125 cm³/mol. The van der Waals surface area contributed by atoms with Crippen molar-refractivity contribution >= 4 is 40.9 Å². The third-order valence-electron chi connectivity index (χ3n) is 5.71. The number of carbonyl (C=O) groups excluding carboxylic acids is 3. The van der Waals surface area contributed by atoms with Gasteiger partial charge >= 0.3 is 0 Å². The maximum atomic E-state index is 13.4. The number of hydrogen-bond donors (Lipinski definition) is 1. The molecule has 8 heteroatoms. The Labute approximate surface area is 192 Å². The van der Waals surface area contributed by atoms with Gasteiger partial charge in [0.1, 0.15) is 12.3 Å². The Balaban J connectivity index is 1.52. The van der Waals surface area contributed by atoms with Gasteiger partial charge in [-0.2, -0.15) is 0 Å². The summed E-state index contributed by atoms with van der Waals surface area (Å²) in [7, 11) is 1.58. The van der Waals surface area contributed by atoms with E-state index in [-0.39, 0.29) is 24.3 Å². The molecule has 2 aliphatic heterocycles. The van der Waals surface area contributed by atoms with E-state index in [9.17, 15) is 14.4 Å². The van der Waals surface area contributed by atoms with Crippen LogP contribution in [-0.2, 0) is 14.4 Å². The zero-order chi connectivity index (χ0) is 22.5. The molecule has 0 spiro atoms. The third-order valence-corrected chi connectivity index (χ3v) is 6.95. The van der Waals surface area contributed by atoms with Gasteiger partial charge in [0.2, 0.25) is 11.8 Å². The maximum absolute atomic E-state index is 13.4. The number of nitrogens with one attached hydrogen (secondary N) is 1. The van der Waals surface area contributed by atoms with Gasteiger partial charge in [-0.1, -0.05) is 25.0 Å². The Kier molecular flexibility index (Phi) is 6.99. The summed E-state index contributed by atoms with van der Waals surface area (Å²) < 4.78 is 5.14. The lowest BCUT2D eigenvalue weighted by molar-refractivity contribution is -0.135. The zero-order valence-electron chi connectivity index (χ0n) is 18.1. The summed E-state index contributed by atoms with van der Waals surface area (Å²) >= 11 is 1.28. The molecule has 2 aromatic carbocycles. The van der Waals surface area contributed by atoms with Crippen LogP contribution in [0.5, 0.6) is 5.75 Å². The topological polar surface area (TPSA) is 79.0 Å². The summed E-state index contributed by atoms with van der Waals surface area (Å²) in [6.45, 7) is 1.21. The van der Waals surface area contributed by atoms with Gasteiger partial charge in [-0.25, -0.2) is 0 Å². The number of carbonyl (C=O) groups is 3. The van der Waals surface area contributed by atoms with Gasteiger partial charge in [-0.15, -0.1) is 11.8 Å². The van der Waals surface area contributed by atoms with E-state index in [1.165, 1.54) is 16.7 Å². The van der Waals surface area contributed by atoms with Crippen molar-refractivity contribution < 1.29 is 19.1 Å². The minimum atomic E-state index is -0.864. The normalized spacial score (nSPS) is 18.5. The number of para-hydroxylation sites is 1. The summed E-state index contributed by atoms with van der Waals surface area (Å²) in [4.78, 5) is 43.5. The Bertz CT molecular complexity index is 987. The van der Waals surface area contributed by atoms with Crippen molar-refractivity contribution in [2.45, 2.75) is 35.8 Å². The molecule has 0 radical (unpaired) electrons. The maximum Gasteiger partial charge on any atom is 0.250 e. The summed E-state index contributed by atoms with van der Waals surface area (Å²) in [6.07, 6.45) is 4.13.